The Labute approximate surface area is 147 Å². The molecule has 0 spiro atoms. The molecule has 25 heavy (non-hydrogen) atoms. The van der Waals surface area contributed by atoms with Gasteiger partial charge in [0.2, 0.25) is 0 Å². The Bertz CT molecular complexity index is 798. The van der Waals surface area contributed by atoms with Crippen molar-refractivity contribution in [1.29, 1.82) is 0 Å². The number of aliphatic imine (C=N–C) groups is 1. The molecule has 0 heterocycles. The van der Waals surface area contributed by atoms with Crippen LogP contribution in [0.15, 0.2) is 53.5 Å². The van der Waals surface area contributed by atoms with Crippen molar-refractivity contribution in [3.8, 4) is 0 Å². The van der Waals surface area contributed by atoms with Gasteiger partial charge in [-0.2, -0.15) is 0 Å². The fourth-order valence-corrected chi connectivity index (χ4v) is 2.37. The van der Waals surface area contributed by atoms with Crippen molar-refractivity contribution in [1.82, 2.24) is 0 Å². The van der Waals surface area contributed by atoms with Gasteiger partial charge in [0, 0.05) is 12.6 Å². The van der Waals surface area contributed by atoms with Crippen molar-refractivity contribution in [2.45, 2.75) is 33.8 Å². The van der Waals surface area contributed by atoms with Crippen LogP contribution < -0.4 is 5.32 Å². The highest BCUT2D eigenvalue weighted by molar-refractivity contribution is 6.09. The average molecular weight is 338 g/mol. The van der Waals surface area contributed by atoms with Crippen molar-refractivity contribution >= 4 is 29.0 Å². The zero-order valence-corrected chi connectivity index (χ0v) is 14.9. The van der Waals surface area contributed by atoms with Crippen LogP contribution in [0.4, 0.5) is 11.4 Å². The molecule has 1 atom stereocenters. The molecule has 0 aliphatic heterocycles. The van der Waals surface area contributed by atoms with E-state index in [2.05, 4.69) is 10.3 Å². The zero-order valence-electron chi connectivity index (χ0n) is 14.9. The number of para-hydroxylation sites is 1. The van der Waals surface area contributed by atoms with Crippen LogP contribution in [0.25, 0.3) is 0 Å². The number of anilines is 1. The lowest BCUT2D eigenvalue weighted by Crippen LogP contribution is -2.20. The first-order chi connectivity index (χ1) is 11.9. The monoisotopic (exact) mass is 338 g/mol. The van der Waals surface area contributed by atoms with Crippen molar-refractivity contribution in [3.63, 3.8) is 0 Å². The molecule has 0 saturated carbocycles. The van der Waals surface area contributed by atoms with Gasteiger partial charge in [0.1, 0.15) is 6.10 Å². The van der Waals surface area contributed by atoms with Gasteiger partial charge in [-0.3, -0.25) is 14.6 Å². The van der Waals surface area contributed by atoms with Crippen LogP contribution in [0, 0.1) is 6.92 Å². The van der Waals surface area contributed by atoms with E-state index in [4.69, 9.17) is 4.74 Å². The van der Waals surface area contributed by atoms with Crippen LogP contribution in [0.2, 0.25) is 0 Å². The number of nitrogens with zero attached hydrogens (tertiary/aromatic N) is 1. The molecule has 0 aliphatic carbocycles. The number of rotatable bonds is 5. The molecule has 0 unspecified atom stereocenters. The van der Waals surface area contributed by atoms with E-state index in [-0.39, 0.29) is 11.9 Å². The van der Waals surface area contributed by atoms with E-state index < -0.39 is 6.10 Å². The summed E-state index contributed by atoms with van der Waals surface area (Å²) < 4.78 is 5.14. The number of carbonyl (C=O) groups excluding carboxylic acids is 2. The third-order valence-electron chi connectivity index (χ3n) is 3.74. The summed E-state index contributed by atoms with van der Waals surface area (Å²) in [6.07, 6.45) is -0.456. The minimum absolute atomic E-state index is 0.226. The molecule has 0 bridgehead atoms. The Morgan fingerprint density at radius 1 is 1.04 bits per heavy atom. The molecule has 5 heteroatoms. The summed E-state index contributed by atoms with van der Waals surface area (Å²) >= 11 is 0. The fourth-order valence-electron chi connectivity index (χ4n) is 2.37. The van der Waals surface area contributed by atoms with Crippen molar-refractivity contribution in [2.75, 3.05) is 5.32 Å². The number of esters is 1. The third kappa shape index (κ3) is 5.01. The molecule has 1 N–H and O–H groups in total. The Morgan fingerprint density at radius 2 is 1.72 bits per heavy atom. The molecule has 0 radical (unpaired) electrons. The minimum Gasteiger partial charge on any atom is -0.457 e. The summed E-state index contributed by atoms with van der Waals surface area (Å²) in [5.41, 5.74) is 3.21. The first-order valence-electron chi connectivity index (χ1n) is 8.07. The summed E-state index contributed by atoms with van der Waals surface area (Å²) in [6.45, 7) is 6.74. The van der Waals surface area contributed by atoms with Crippen LogP contribution in [0.5, 0.6) is 0 Å². The van der Waals surface area contributed by atoms with Gasteiger partial charge in [-0.15, -0.1) is 0 Å². The third-order valence-corrected chi connectivity index (χ3v) is 3.74. The largest absolute Gasteiger partial charge is 0.457 e. The number of benzene rings is 2. The number of carbonyl (C=O) groups is 2. The second-order valence-electron chi connectivity index (χ2n) is 5.79. The molecule has 0 fully saturated rings. The van der Waals surface area contributed by atoms with E-state index in [1.807, 2.05) is 49.4 Å². The smallest absolute Gasteiger partial charge is 0.303 e. The standard InChI is InChI=1S/C20H22N2O3/c1-13-9-8-12-18(21-14(2)15(3)25-16(4)23)19(13)20(24)22-17-10-6-5-7-11-17/h5-12,15H,1-4H3,(H,22,24)/t15-/m0/s1. The van der Waals surface area contributed by atoms with Crippen LogP contribution in [-0.4, -0.2) is 23.7 Å². The number of amides is 1. The highest BCUT2D eigenvalue weighted by Crippen LogP contribution is 2.24. The Kier molecular flexibility index (Phi) is 6.06. The molecule has 2 aromatic carbocycles. The van der Waals surface area contributed by atoms with Crippen LogP contribution in [0.3, 0.4) is 0 Å². The highest BCUT2D eigenvalue weighted by Gasteiger charge is 2.16. The van der Waals surface area contributed by atoms with E-state index in [1.54, 1.807) is 19.9 Å². The predicted molar refractivity (Wildman–Crippen MR) is 99.6 cm³/mol. The first kappa shape index (κ1) is 18.4. The fraction of sp³-hybridized carbons (Fsp3) is 0.250. The second-order valence-corrected chi connectivity index (χ2v) is 5.79. The Hall–Kier alpha value is -2.95. The van der Waals surface area contributed by atoms with E-state index >= 15 is 0 Å². The van der Waals surface area contributed by atoms with Gasteiger partial charge >= 0.3 is 5.97 Å². The molecule has 5 nitrogen and oxygen atoms in total. The number of aryl methyl sites for hydroxylation is 1. The van der Waals surface area contributed by atoms with E-state index in [0.29, 0.717) is 17.0 Å². The van der Waals surface area contributed by atoms with Gasteiger partial charge in [-0.1, -0.05) is 30.3 Å². The SMILES string of the molecule is CC(=O)O[C@@H](C)C(C)=Nc1cccc(C)c1C(=O)Nc1ccccc1. The Morgan fingerprint density at radius 3 is 2.36 bits per heavy atom. The molecule has 0 aromatic heterocycles. The van der Waals surface area contributed by atoms with Crippen LogP contribution in [0.1, 0.15) is 36.7 Å². The van der Waals surface area contributed by atoms with Gasteiger partial charge in [0.15, 0.2) is 0 Å². The van der Waals surface area contributed by atoms with Crippen molar-refractivity contribution in [3.05, 3.63) is 59.7 Å². The van der Waals surface area contributed by atoms with E-state index in [0.717, 1.165) is 11.3 Å². The molecule has 0 aliphatic rings. The summed E-state index contributed by atoms with van der Waals surface area (Å²) in [7, 11) is 0. The molecule has 2 aromatic rings. The van der Waals surface area contributed by atoms with Crippen LogP contribution >= 0.6 is 0 Å². The van der Waals surface area contributed by atoms with Crippen molar-refractivity contribution in [2.24, 2.45) is 4.99 Å². The van der Waals surface area contributed by atoms with Gasteiger partial charge in [0.05, 0.1) is 17.0 Å². The topological polar surface area (TPSA) is 67.8 Å². The molecule has 0 saturated heterocycles. The maximum atomic E-state index is 12.7. The maximum absolute atomic E-state index is 12.7. The molecular formula is C20H22N2O3. The number of ether oxygens (including phenoxy) is 1. The summed E-state index contributed by atoms with van der Waals surface area (Å²) in [4.78, 5) is 28.3. The summed E-state index contributed by atoms with van der Waals surface area (Å²) in [5.74, 6) is -0.593. The number of hydrogen-bond donors (Lipinski definition) is 1. The van der Waals surface area contributed by atoms with Gasteiger partial charge in [-0.05, 0) is 44.5 Å². The van der Waals surface area contributed by atoms with E-state index in [9.17, 15) is 9.59 Å². The number of hydrogen-bond acceptors (Lipinski definition) is 4. The molecular weight excluding hydrogens is 316 g/mol. The lowest BCUT2D eigenvalue weighted by molar-refractivity contribution is -0.142. The lowest BCUT2D eigenvalue weighted by Gasteiger charge is -2.14. The van der Waals surface area contributed by atoms with Crippen LogP contribution in [-0.2, 0) is 9.53 Å². The summed E-state index contributed by atoms with van der Waals surface area (Å²) in [5, 5.41) is 2.88. The summed E-state index contributed by atoms with van der Waals surface area (Å²) in [6, 6.07) is 14.7. The molecule has 130 valence electrons. The quantitative estimate of drug-likeness (QED) is 0.653. The number of nitrogens with one attached hydrogen (secondary N) is 1. The van der Waals surface area contributed by atoms with Crippen molar-refractivity contribution < 1.29 is 14.3 Å². The zero-order chi connectivity index (χ0) is 18.4. The first-order valence-corrected chi connectivity index (χ1v) is 8.07. The van der Waals surface area contributed by atoms with Gasteiger partial charge < -0.3 is 10.1 Å². The normalized spacial score (nSPS) is 12.4. The molecule has 2 rings (SSSR count). The average Bonchev–Trinajstić information content (AvgIpc) is 2.55. The van der Waals surface area contributed by atoms with Gasteiger partial charge in [0.25, 0.3) is 5.91 Å². The minimum atomic E-state index is -0.456. The van der Waals surface area contributed by atoms with Gasteiger partial charge in [-0.25, -0.2) is 0 Å². The Balaban J connectivity index is 2.33. The lowest BCUT2D eigenvalue weighted by atomic mass is 10.1. The molecule has 1 amide bonds. The highest BCUT2D eigenvalue weighted by atomic mass is 16.5. The predicted octanol–water partition coefficient (Wildman–Crippen LogP) is 4.29. The van der Waals surface area contributed by atoms with E-state index in [1.165, 1.54) is 6.92 Å². The second kappa shape index (κ2) is 8.24. The maximum Gasteiger partial charge on any atom is 0.303 e.